The maximum Gasteiger partial charge on any atom is 0.331 e. The highest BCUT2D eigenvalue weighted by molar-refractivity contribution is 8.00. The normalized spacial score (nSPS) is 32.1. The standard InChI is InChI=1S/C20H30N6O3S3/c1-11-17(30-12(2)21-11)10-25-15-6-5-14(32(28,29)24-20(4)7-8-20)9-16(15)26(19(25)27)18-23-22-13(3)31-18/h5-6,9,11-13,17-18,21-24H,7-8,10H2,1-4H3. The van der Waals surface area contributed by atoms with E-state index in [2.05, 4.69) is 34.7 Å². The van der Waals surface area contributed by atoms with E-state index < -0.39 is 10.0 Å². The Morgan fingerprint density at radius 3 is 2.47 bits per heavy atom. The van der Waals surface area contributed by atoms with Crippen molar-refractivity contribution in [3.63, 3.8) is 0 Å². The Kier molecular flexibility index (Phi) is 5.71. The lowest BCUT2D eigenvalue weighted by molar-refractivity contribution is 0.469. The molecule has 0 amide bonds. The number of sulfonamides is 1. The summed E-state index contributed by atoms with van der Waals surface area (Å²) in [4.78, 5) is 13.8. The van der Waals surface area contributed by atoms with Gasteiger partial charge in [0.15, 0.2) is 5.50 Å². The van der Waals surface area contributed by atoms with Crippen LogP contribution in [0.15, 0.2) is 27.9 Å². The lowest BCUT2D eigenvalue weighted by Gasteiger charge is -2.15. The summed E-state index contributed by atoms with van der Waals surface area (Å²) in [5, 5.41) is 4.22. The van der Waals surface area contributed by atoms with Gasteiger partial charge in [-0.25, -0.2) is 28.8 Å². The van der Waals surface area contributed by atoms with E-state index in [1.807, 2.05) is 25.6 Å². The predicted octanol–water partition coefficient (Wildman–Crippen LogP) is 1.72. The van der Waals surface area contributed by atoms with Gasteiger partial charge in [-0.2, -0.15) is 0 Å². The van der Waals surface area contributed by atoms with Gasteiger partial charge in [-0.1, -0.05) is 11.8 Å². The number of nitrogens with one attached hydrogen (secondary N) is 4. The minimum absolute atomic E-state index is 0.129. The topological polar surface area (TPSA) is 109 Å². The van der Waals surface area contributed by atoms with E-state index in [1.165, 1.54) is 0 Å². The first-order valence-electron chi connectivity index (χ1n) is 10.9. The lowest BCUT2D eigenvalue weighted by atomic mass is 10.2. The number of thioether (sulfide) groups is 2. The van der Waals surface area contributed by atoms with Gasteiger partial charge < -0.3 is 5.32 Å². The Labute approximate surface area is 196 Å². The van der Waals surface area contributed by atoms with Crippen molar-refractivity contribution in [2.75, 3.05) is 0 Å². The zero-order chi connectivity index (χ0) is 22.8. The molecule has 5 atom stereocenters. The second-order valence-corrected chi connectivity index (χ2v) is 14.0. The Hall–Kier alpha value is -1.02. The number of hydrazine groups is 1. The third kappa shape index (κ3) is 4.15. The van der Waals surface area contributed by atoms with Crippen LogP contribution in [-0.2, 0) is 16.6 Å². The summed E-state index contributed by atoms with van der Waals surface area (Å²) < 4.78 is 32.3. The van der Waals surface area contributed by atoms with Crippen molar-refractivity contribution in [1.29, 1.82) is 0 Å². The van der Waals surface area contributed by atoms with Crippen LogP contribution in [0.4, 0.5) is 0 Å². The van der Waals surface area contributed by atoms with Crippen LogP contribution >= 0.6 is 23.5 Å². The Morgan fingerprint density at radius 2 is 1.88 bits per heavy atom. The van der Waals surface area contributed by atoms with Gasteiger partial charge in [0.25, 0.3) is 0 Å². The zero-order valence-corrected chi connectivity index (χ0v) is 21.0. The molecule has 1 aliphatic carbocycles. The molecule has 176 valence electrons. The summed E-state index contributed by atoms with van der Waals surface area (Å²) in [6.07, 6.45) is 1.68. The van der Waals surface area contributed by atoms with Crippen LogP contribution in [0.3, 0.4) is 0 Å². The summed E-state index contributed by atoms with van der Waals surface area (Å²) in [5.41, 5.74) is 6.86. The smallest absolute Gasteiger partial charge is 0.302 e. The van der Waals surface area contributed by atoms with Crippen molar-refractivity contribution in [1.82, 2.24) is 30.0 Å². The molecule has 0 radical (unpaired) electrons. The van der Waals surface area contributed by atoms with Crippen LogP contribution in [0.25, 0.3) is 11.0 Å². The van der Waals surface area contributed by atoms with Crippen LogP contribution in [0, 0.1) is 0 Å². The molecule has 32 heavy (non-hydrogen) atoms. The number of aromatic nitrogens is 2. The van der Waals surface area contributed by atoms with E-state index in [9.17, 15) is 13.2 Å². The predicted molar refractivity (Wildman–Crippen MR) is 130 cm³/mol. The van der Waals surface area contributed by atoms with E-state index >= 15 is 0 Å². The molecule has 1 saturated carbocycles. The molecule has 2 aliphatic heterocycles. The maximum absolute atomic E-state index is 13.6. The van der Waals surface area contributed by atoms with Crippen LogP contribution in [0.2, 0.25) is 0 Å². The molecule has 1 aromatic heterocycles. The molecule has 1 aromatic carbocycles. The van der Waals surface area contributed by atoms with Crippen molar-refractivity contribution in [3.8, 4) is 0 Å². The average Bonchev–Trinajstić information content (AvgIpc) is 3.01. The van der Waals surface area contributed by atoms with Gasteiger partial charge in [-0.05, 0) is 58.7 Å². The van der Waals surface area contributed by atoms with E-state index in [4.69, 9.17) is 0 Å². The fourth-order valence-electron chi connectivity index (χ4n) is 4.36. The van der Waals surface area contributed by atoms with E-state index in [1.54, 1.807) is 39.1 Å². The summed E-state index contributed by atoms with van der Waals surface area (Å²) in [6.45, 7) is 8.76. The van der Waals surface area contributed by atoms with Gasteiger partial charge in [-0.3, -0.25) is 9.13 Å². The Balaban J connectivity index is 1.60. The molecular formula is C20H30N6O3S3. The summed E-state index contributed by atoms with van der Waals surface area (Å²) in [5.74, 6) is 0. The lowest BCUT2D eigenvalue weighted by Crippen LogP contribution is -2.37. The second-order valence-electron chi connectivity index (χ2n) is 9.27. The molecule has 0 bridgehead atoms. The van der Waals surface area contributed by atoms with Crippen molar-refractivity contribution in [2.45, 2.75) is 85.1 Å². The first-order valence-corrected chi connectivity index (χ1v) is 14.3. The monoisotopic (exact) mass is 498 g/mol. The maximum atomic E-state index is 13.6. The summed E-state index contributed by atoms with van der Waals surface area (Å²) >= 11 is 3.41. The summed E-state index contributed by atoms with van der Waals surface area (Å²) in [6, 6.07) is 5.30. The highest BCUT2D eigenvalue weighted by Gasteiger charge is 2.41. The SMILES string of the molecule is CC1NC(C)C(Cn2c(=O)n(C3NNC(C)S3)c3cc(S(=O)(=O)NC4(C)CC4)ccc32)S1. The highest BCUT2D eigenvalue weighted by atomic mass is 32.2. The average molecular weight is 499 g/mol. The van der Waals surface area contributed by atoms with Crippen molar-refractivity contribution in [2.24, 2.45) is 0 Å². The van der Waals surface area contributed by atoms with E-state index in [-0.39, 0.29) is 38.3 Å². The molecule has 12 heteroatoms. The van der Waals surface area contributed by atoms with Gasteiger partial charge in [-0.15, -0.1) is 11.8 Å². The number of imidazole rings is 1. The number of rotatable bonds is 6. The summed E-state index contributed by atoms with van der Waals surface area (Å²) in [7, 11) is -3.67. The van der Waals surface area contributed by atoms with Gasteiger partial charge in [0.2, 0.25) is 10.0 Å². The molecule has 5 unspecified atom stereocenters. The molecule has 3 aliphatic rings. The molecular weight excluding hydrogens is 468 g/mol. The molecule has 5 rings (SSSR count). The molecule has 2 aromatic rings. The third-order valence-electron chi connectivity index (χ3n) is 6.40. The minimum atomic E-state index is -3.67. The minimum Gasteiger partial charge on any atom is -0.302 e. The molecule has 4 N–H and O–H groups in total. The highest BCUT2D eigenvalue weighted by Crippen LogP contribution is 2.37. The number of nitrogens with zero attached hydrogens (tertiary/aromatic N) is 2. The van der Waals surface area contributed by atoms with Crippen LogP contribution in [-0.4, -0.2) is 45.1 Å². The molecule has 9 nitrogen and oxygen atoms in total. The van der Waals surface area contributed by atoms with E-state index in [0.29, 0.717) is 17.4 Å². The quantitative estimate of drug-likeness (QED) is 0.477. The zero-order valence-electron chi connectivity index (χ0n) is 18.6. The van der Waals surface area contributed by atoms with Crippen molar-refractivity contribution < 1.29 is 8.42 Å². The second kappa shape index (κ2) is 8.03. The number of hydrogen-bond donors (Lipinski definition) is 4. The first-order chi connectivity index (χ1) is 15.1. The van der Waals surface area contributed by atoms with Crippen LogP contribution in [0.5, 0.6) is 0 Å². The Bertz CT molecular complexity index is 1210. The van der Waals surface area contributed by atoms with Gasteiger partial charge in [0.1, 0.15) is 0 Å². The third-order valence-corrected chi connectivity index (χ3v) is 10.6. The molecule has 0 spiro atoms. The first kappa shape index (κ1) is 22.8. The van der Waals surface area contributed by atoms with Gasteiger partial charge >= 0.3 is 5.69 Å². The molecule has 2 saturated heterocycles. The van der Waals surface area contributed by atoms with E-state index in [0.717, 1.165) is 18.4 Å². The van der Waals surface area contributed by atoms with Crippen molar-refractivity contribution in [3.05, 3.63) is 28.7 Å². The van der Waals surface area contributed by atoms with Crippen LogP contribution in [0.1, 0.15) is 46.0 Å². The van der Waals surface area contributed by atoms with Gasteiger partial charge in [0, 0.05) is 23.4 Å². The van der Waals surface area contributed by atoms with Gasteiger partial charge in [0.05, 0.1) is 26.7 Å². The van der Waals surface area contributed by atoms with Crippen LogP contribution < -0.4 is 26.6 Å². The fourth-order valence-corrected chi connectivity index (χ4v) is 8.19. The largest absolute Gasteiger partial charge is 0.331 e. The fraction of sp³-hybridized carbons (Fsp3) is 0.650. The van der Waals surface area contributed by atoms with Crippen molar-refractivity contribution >= 4 is 44.6 Å². The number of fused-ring (bicyclic) bond motifs is 1. The molecule has 3 heterocycles. The number of hydrogen-bond acceptors (Lipinski definition) is 8. The number of benzene rings is 1. The Morgan fingerprint density at radius 1 is 1.12 bits per heavy atom. The molecule has 3 fully saturated rings.